The third-order valence-corrected chi connectivity index (χ3v) is 2.53. The maximum atomic E-state index is 12.8. The van der Waals surface area contributed by atoms with Gasteiger partial charge in [-0.05, 0) is 45.4 Å². The van der Waals surface area contributed by atoms with Crippen LogP contribution in [0.3, 0.4) is 0 Å². The van der Waals surface area contributed by atoms with E-state index < -0.39 is 5.60 Å². The first-order valence-electron chi connectivity index (χ1n) is 6.17. The molecule has 0 aliphatic heterocycles. The largest absolute Gasteiger partial charge is 0.384 e. The van der Waals surface area contributed by atoms with Crippen LogP contribution in [0.4, 0.5) is 4.39 Å². The molecule has 1 rings (SSSR count). The zero-order valence-corrected chi connectivity index (χ0v) is 14.6. The van der Waals surface area contributed by atoms with Gasteiger partial charge in [0, 0.05) is 5.54 Å². The maximum Gasteiger partial charge on any atom is 0.189 e. The molecule has 6 heteroatoms. The Hall–Kier alpha value is -0.890. The van der Waals surface area contributed by atoms with E-state index in [9.17, 15) is 9.50 Å². The predicted molar refractivity (Wildman–Crippen MR) is 90.8 cm³/mol. The van der Waals surface area contributed by atoms with Gasteiger partial charge in [0.2, 0.25) is 0 Å². The van der Waals surface area contributed by atoms with Crippen LogP contribution in [-0.4, -0.2) is 23.1 Å². The van der Waals surface area contributed by atoms with Crippen LogP contribution in [0, 0.1) is 5.82 Å². The lowest BCUT2D eigenvalue weighted by molar-refractivity contribution is 0.0672. The molecule has 0 amide bonds. The molecule has 0 saturated carbocycles. The van der Waals surface area contributed by atoms with Crippen molar-refractivity contribution in [2.24, 2.45) is 10.7 Å². The standard InChI is InChI=1S/C14H22FN3O.HI/c1-13(2,3)18-12(16)17-9-14(4,19)10-5-7-11(15)8-6-10;/h5-8,19H,9H2,1-4H3,(H3,16,17,18);1H. The smallest absolute Gasteiger partial charge is 0.189 e. The molecule has 20 heavy (non-hydrogen) atoms. The number of aliphatic imine (C=N–C) groups is 1. The lowest BCUT2D eigenvalue weighted by Crippen LogP contribution is -2.45. The number of halogens is 2. The van der Waals surface area contributed by atoms with Gasteiger partial charge >= 0.3 is 0 Å². The highest BCUT2D eigenvalue weighted by atomic mass is 127. The number of nitrogens with two attached hydrogens (primary N) is 1. The van der Waals surface area contributed by atoms with Gasteiger partial charge < -0.3 is 16.2 Å². The molecule has 0 saturated heterocycles. The number of aliphatic hydroxyl groups is 1. The van der Waals surface area contributed by atoms with Crippen LogP contribution in [0.5, 0.6) is 0 Å². The third-order valence-electron chi connectivity index (χ3n) is 2.53. The number of hydrogen-bond acceptors (Lipinski definition) is 2. The summed E-state index contributed by atoms with van der Waals surface area (Å²) < 4.78 is 12.8. The van der Waals surface area contributed by atoms with Gasteiger partial charge in [-0.3, -0.25) is 4.99 Å². The molecule has 1 unspecified atom stereocenters. The number of nitrogens with one attached hydrogen (secondary N) is 1. The van der Waals surface area contributed by atoms with E-state index >= 15 is 0 Å². The molecule has 0 radical (unpaired) electrons. The van der Waals surface area contributed by atoms with Crippen LogP contribution in [0.1, 0.15) is 33.3 Å². The minimum Gasteiger partial charge on any atom is -0.384 e. The van der Waals surface area contributed by atoms with E-state index in [1.54, 1.807) is 6.92 Å². The van der Waals surface area contributed by atoms with Crippen molar-refractivity contribution in [3.8, 4) is 0 Å². The van der Waals surface area contributed by atoms with Crippen molar-refractivity contribution in [1.82, 2.24) is 5.32 Å². The molecule has 0 aliphatic carbocycles. The maximum absolute atomic E-state index is 12.8. The number of nitrogens with zero attached hydrogens (tertiary/aromatic N) is 1. The average molecular weight is 395 g/mol. The molecule has 4 N–H and O–H groups in total. The summed E-state index contributed by atoms with van der Waals surface area (Å²) in [5.41, 5.74) is 4.97. The first-order chi connectivity index (χ1) is 8.60. The van der Waals surface area contributed by atoms with E-state index in [1.807, 2.05) is 20.8 Å². The molecular weight excluding hydrogens is 372 g/mol. The van der Waals surface area contributed by atoms with Crippen LogP contribution < -0.4 is 11.1 Å². The van der Waals surface area contributed by atoms with Crippen molar-refractivity contribution in [2.75, 3.05) is 6.54 Å². The Morgan fingerprint density at radius 3 is 2.20 bits per heavy atom. The fourth-order valence-corrected chi connectivity index (χ4v) is 1.56. The predicted octanol–water partition coefficient (Wildman–Crippen LogP) is 2.35. The van der Waals surface area contributed by atoms with Crippen LogP contribution in [0.15, 0.2) is 29.3 Å². The van der Waals surface area contributed by atoms with Gasteiger partial charge in [0.1, 0.15) is 11.4 Å². The minimum absolute atomic E-state index is 0. The monoisotopic (exact) mass is 395 g/mol. The highest BCUT2D eigenvalue weighted by molar-refractivity contribution is 14.0. The molecule has 114 valence electrons. The van der Waals surface area contributed by atoms with Gasteiger partial charge in [0.05, 0.1) is 6.54 Å². The summed E-state index contributed by atoms with van der Waals surface area (Å²) in [5, 5.41) is 13.3. The zero-order valence-electron chi connectivity index (χ0n) is 12.3. The second kappa shape index (κ2) is 7.21. The lowest BCUT2D eigenvalue weighted by atomic mass is 9.96. The summed E-state index contributed by atoms with van der Waals surface area (Å²) >= 11 is 0. The van der Waals surface area contributed by atoms with Crippen molar-refractivity contribution < 1.29 is 9.50 Å². The van der Waals surface area contributed by atoms with E-state index in [1.165, 1.54) is 24.3 Å². The molecule has 4 nitrogen and oxygen atoms in total. The molecule has 1 aromatic carbocycles. The number of benzene rings is 1. The normalized spacial score (nSPS) is 15.2. The molecular formula is C14H23FIN3O. The zero-order chi connectivity index (χ0) is 14.7. The lowest BCUT2D eigenvalue weighted by Gasteiger charge is -2.24. The number of rotatable bonds is 3. The molecule has 0 spiro atoms. The first-order valence-corrected chi connectivity index (χ1v) is 6.17. The Balaban J connectivity index is 0.00000361. The number of hydrogen-bond donors (Lipinski definition) is 3. The van der Waals surface area contributed by atoms with Crippen molar-refractivity contribution in [3.05, 3.63) is 35.6 Å². The van der Waals surface area contributed by atoms with Gasteiger partial charge in [0.15, 0.2) is 5.96 Å². The van der Waals surface area contributed by atoms with Gasteiger partial charge in [0.25, 0.3) is 0 Å². The van der Waals surface area contributed by atoms with E-state index in [4.69, 9.17) is 5.73 Å². The molecule has 0 fully saturated rings. The van der Waals surface area contributed by atoms with Crippen molar-refractivity contribution in [3.63, 3.8) is 0 Å². The summed E-state index contributed by atoms with van der Waals surface area (Å²) in [6.45, 7) is 7.62. The minimum atomic E-state index is -1.18. The summed E-state index contributed by atoms with van der Waals surface area (Å²) in [6, 6.07) is 5.70. The van der Waals surface area contributed by atoms with Crippen molar-refractivity contribution in [1.29, 1.82) is 0 Å². The Kier molecular flexibility index (Phi) is 6.89. The van der Waals surface area contributed by atoms with Gasteiger partial charge in [-0.25, -0.2) is 4.39 Å². The van der Waals surface area contributed by atoms with Crippen LogP contribution in [0.25, 0.3) is 0 Å². The Morgan fingerprint density at radius 1 is 1.25 bits per heavy atom. The quantitative estimate of drug-likeness (QED) is 0.418. The highest BCUT2D eigenvalue weighted by Gasteiger charge is 2.23. The molecule has 0 bridgehead atoms. The Morgan fingerprint density at radius 2 is 1.75 bits per heavy atom. The van der Waals surface area contributed by atoms with Crippen molar-refractivity contribution >= 4 is 29.9 Å². The second-order valence-electron chi connectivity index (χ2n) is 5.86. The van der Waals surface area contributed by atoms with Crippen molar-refractivity contribution in [2.45, 2.75) is 38.8 Å². The summed E-state index contributed by atoms with van der Waals surface area (Å²) in [6.07, 6.45) is 0. The van der Waals surface area contributed by atoms with E-state index in [-0.39, 0.29) is 47.8 Å². The van der Waals surface area contributed by atoms with E-state index in [2.05, 4.69) is 10.3 Å². The molecule has 0 heterocycles. The fraction of sp³-hybridized carbons (Fsp3) is 0.500. The molecule has 1 atom stereocenters. The third kappa shape index (κ3) is 6.51. The second-order valence-corrected chi connectivity index (χ2v) is 5.86. The van der Waals surface area contributed by atoms with E-state index in [0.29, 0.717) is 5.56 Å². The summed E-state index contributed by atoms with van der Waals surface area (Å²) in [5.74, 6) is -0.0631. The van der Waals surface area contributed by atoms with Gasteiger partial charge in [-0.2, -0.15) is 0 Å². The van der Waals surface area contributed by atoms with Crippen LogP contribution in [0.2, 0.25) is 0 Å². The molecule has 0 aromatic heterocycles. The van der Waals surface area contributed by atoms with Gasteiger partial charge in [-0.1, -0.05) is 12.1 Å². The molecule has 0 aliphatic rings. The molecule has 1 aromatic rings. The first kappa shape index (κ1) is 19.1. The summed E-state index contributed by atoms with van der Waals surface area (Å²) in [7, 11) is 0. The van der Waals surface area contributed by atoms with Crippen LogP contribution >= 0.6 is 24.0 Å². The number of guanidine groups is 1. The fourth-order valence-electron chi connectivity index (χ4n) is 1.56. The highest BCUT2D eigenvalue weighted by Crippen LogP contribution is 2.21. The summed E-state index contributed by atoms with van der Waals surface area (Å²) in [4.78, 5) is 4.12. The SMILES string of the molecule is CC(C)(C)NC(N)=NCC(C)(O)c1ccc(F)cc1.I. The average Bonchev–Trinajstić information content (AvgIpc) is 2.25. The van der Waals surface area contributed by atoms with Crippen LogP contribution in [-0.2, 0) is 5.60 Å². The van der Waals surface area contributed by atoms with E-state index in [0.717, 1.165) is 0 Å². The Labute approximate surface area is 136 Å². The van der Waals surface area contributed by atoms with Gasteiger partial charge in [-0.15, -0.1) is 24.0 Å². The topological polar surface area (TPSA) is 70.6 Å². The Bertz CT molecular complexity index is 452.